The largest absolute Gasteiger partial charge is 0.383 e. The van der Waals surface area contributed by atoms with Crippen molar-refractivity contribution in [2.45, 2.75) is 18.9 Å². The molecule has 0 spiro atoms. The van der Waals surface area contributed by atoms with Crippen molar-refractivity contribution in [3.05, 3.63) is 42.1 Å². The second-order valence-electron chi connectivity index (χ2n) is 7.10. The van der Waals surface area contributed by atoms with E-state index in [-0.39, 0.29) is 23.8 Å². The van der Waals surface area contributed by atoms with Crippen molar-refractivity contribution < 1.29 is 18.8 Å². The van der Waals surface area contributed by atoms with Crippen molar-refractivity contribution in [2.75, 3.05) is 33.4 Å². The van der Waals surface area contributed by atoms with Crippen molar-refractivity contribution >= 4 is 11.8 Å². The van der Waals surface area contributed by atoms with Gasteiger partial charge in [0, 0.05) is 38.3 Å². The molecule has 3 fully saturated rings. The summed E-state index contributed by atoms with van der Waals surface area (Å²) in [7, 11) is 1.63. The number of methoxy groups -OCH3 is 1. The maximum Gasteiger partial charge on any atom is 0.259 e. The lowest BCUT2D eigenvalue weighted by atomic mass is 9.94. The van der Waals surface area contributed by atoms with Gasteiger partial charge in [0.2, 0.25) is 5.91 Å². The summed E-state index contributed by atoms with van der Waals surface area (Å²) in [5.74, 6) is 0.324. The molecule has 0 unspecified atom stereocenters. The maximum atomic E-state index is 13.2. The third-order valence-corrected chi connectivity index (χ3v) is 5.45. The number of carbonyl (C=O) groups excluding carboxylic acids is 2. The lowest BCUT2D eigenvalue weighted by Crippen LogP contribution is -2.49. The molecule has 7 heteroatoms. The maximum absolute atomic E-state index is 13.2. The summed E-state index contributed by atoms with van der Waals surface area (Å²) in [5, 5.41) is 3.85. The van der Waals surface area contributed by atoms with Gasteiger partial charge >= 0.3 is 0 Å². The summed E-state index contributed by atoms with van der Waals surface area (Å²) in [6, 6.07) is 9.51. The van der Waals surface area contributed by atoms with E-state index in [1.54, 1.807) is 12.0 Å². The molecule has 4 heterocycles. The van der Waals surface area contributed by atoms with Crippen LogP contribution >= 0.6 is 0 Å². The molecule has 2 aromatic rings. The first-order valence-electron chi connectivity index (χ1n) is 9.28. The van der Waals surface area contributed by atoms with Gasteiger partial charge < -0.3 is 19.1 Å². The summed E-state index contributed by atoms with van der Waals surface area (Å²) in [6.07, 6.45) is 3.22. The quantitative estimate of drug-likeness (QED) is 0.806. The molecule has 2 bridgehead atoms. The Balaban J connectivity index is 1.58. The number of hydrogen-bond donors (Lipinski definition) is 0. The van der Waals surface area contributed by atoms with E-state index in [1.807, 2.05) is 35.2 Å². The van der Waals surface area contributed by atoms with E-state index < -0.39 is 0 Å². The normalized spacial score (nSPS) is 22.2. The number of aromatic nitrogens is 1. The first-order valence-corrected chi connectivity index (χ1v) is 9.28. The van der Waals surface area contributed by atoms with Crippen LogP contribution in [0.4, 0.5) is 0 Å². The van der Waals surface area contributed by atoms with Gasteiger partial charge in [-0.3, -0.25) is 9.59 Å². The molecule has 2 atom stereocenters. The monoisotopic (exact) mass is 369 g/mol. The Morgan fingerprint density at radius 2 is 2.07 bits per heavy atom. The minimum atomic E-state index is -0.149. The Bertz CT molecular complexity index is 820. The predicted molar refractivity (Wildman–Crippen MR) is 97.9 cm³/mol. The third kappa shape index (κ3) is 3.35. The van der Waals surface area contributed by atoms with Crippen LogP contribution in [0.3, 0.4) is 0 Å². The van der Waals surface area contributed by atoms with Gasteiger partial charge in [-0.1, -0.05) is 35.5 Å². The first-order chi connectivity index (χ1) is 13.2. The van der Waals surface area contributed by atoms with E-state index in [2.05, 4.69) is 5.16 Å². The van der Waals surface area contributed by atoms with Crippen LogP contribution in [0, 0.1) is 5.92 Å². The number of benzene rings is 1. The molecule has 3 aliphatic heterocycles. The van der Waals surface area contributed by atoms with E-state index in [9.17, 15) is 9.59 Å². The smallest absolute Gasteiger partial charge is 0.259 e. The molecule has 0 saturated carbocycles. The van der Waals surface area contributed by atoms with E-state index in [4.69, 9.17) is 9.26 Å². The summed E-state index contributed by atoms with van der Waals surface area (Å²) in [6.45, 7) is 2.05. The Kier molecular flexibility index (Phi) is 4.94. The molecule has 0 radical (unpaired) electrons. The van der Waals surface area contributed by atoms with Gasteiger partial charge in [-0.2, -0.15) is 0 Å². The Hall–Kier alpha value is -2.67. The van der Waals surface area contributed by atoms with Crippen LogP contribution < -0.4 is 0 Å². The molecule has 3 aliphatic rings. The number of amides is 2. The van der Waals surface area contributed by atoms with Crippen LogP contribution in [-0.4, -0.2) is 66.2 Å². The van der Waals surface area contributed by atoms with Crippen LogP contribution in [0.15, 0.2) is 41.1 Å². The highest BCUT2D eigenvalue weighted by Crippen LogP contribution is 2.31. The van der Waals surface area contributed by atoms with Crippen molar-refractivity contribution in [2.24, 2.45) is 5.92 Å². The zero-order valence-electron chi connectivity index (χ0n) is 15.3. The Morgan fingerprint density at radius 3 is 2.85 bits per heavy atom. The number of ether oxygens (including phenoxy) is 1. The van der Waals surface area contributed by atoms with Crippen LogP contribution in [0.25, 0.3) is 11.3 Å². The van der Waals surface area contributed by atoms with E-state index in [1.165, 1.54) is 6.20 Å². The molecular weight excluding hydrogens is 346 g/mol. The molecule has 0 aliphatic carbocycles. The SMILES string of the molecule is COCCN1C(=O)[C@@H]2CC[C@H]1CN(C(=O)c1cnoc1-c1ccccc1)C2. The number of fused-ring (bicyclic) bond motifs is 4. The topological polar surface area (TPSA) is 75.9 Å². The molecule has 27 heavy (non-hydrogen) atoms. The second-order valence-corrected chi connectivity index (χ2v) is 7.10. The molecule has 5 rings (SSSR count). The number of hydrogen-bond acceptors (Lipinski definition) is 5. The summed E-state index contributed by atoms with van der Waals surface area (Å²) in [5.41, 5.74) is 1.26. The van der Waals surface area contributed by atoms with Crippen LogP contribution in [0.1, 0.15) is 23.2 Å². The van der Waals surface area contributed by atoms with Gasteiger partial charge in [0.05, 0.1) is 18.7 Å². The minimum Gasteiger partial charge on any atom is -0.383 e. The fourth-order valence-electron chi connectivity index (χ4n) is 4.05. The number of nitrogens with zero attached hydrogens (tertiary/aromatic N) is 3. The van der Waals surface area contributed by atoms with Crippen LogP contribution in [0.2, 0.25) is 0 Å². The van der Waals surface area contributed by atoms with Gasteiger partial charge in [0.1, 0.15) is 5.56 Å². The highest BCUT2D eigenvalue weighted by molar-refractivity contribution is 5.99. The minimum absolute atomic E-state index is 0.0374. The van der Waals surface area contributed by atoms with Gasteiger partial charge in [-0.05, 0) is 12.8 Å². The Labute approximate surface area is 157 Å². The van der Waals surface area contributed by atoms with E-state index >= 15 is 0 Å². The molecule has 1 aromatic carbocycles. The van der Waals surface area contributed by atoms with E-state index in [0.29, 0.717) is 37.6 Å². The standard InChI is InChI=1S/C20H23N3O4/c1-26-10-9-23-16-8-7-15(19(23)24)12-22(13-16)20(25)17-11-21-27-18(17)14-5-3-2-4-6-14/h2-6,11,15-16H,7-10,12-13H2,1H3/t15-,16+/m1/s1. The lowest BCUT2D eigenvalue weighted by molar-refractivity contribution is -0.140. The van der Waals surface area contributed by atoms with Gasteiger partial charge in [0.15, 0.2) is 5.76 Å². The van der Waals surface area contributed by atoms with Crippen molar-refractivity contribution in [1.82, 2.24) is 15.0 Å². The molecule has 1 aromatic heterocycles. The third-order valence-electron chi connectivity index (χ3n) is 5.45. The van der Waals surface area contributed by atoms with Crippen molar-refractivity contribution in [3.8, 4) is 11.3 Å². The summed E-state index contributed by atoms with van der Waals surface area (Å²) in [4.78, 5) is 29.7. The first kappa shape index (κ1) is 17.7. The molecule has 142 valence electrons. The zero-order valence-corrected chi connectivity index (χ0v) is 15.3. The molecule has 3 saturated heterocycles. The van der Waals surface area contributed by atoms with Gasteiger partial charge in [0.25, 0.3) is 5.91 Å². The van der Waals surface area contributed by atoms with Gasteiger partial charge in [-0.25, -0.2) is 0 Å². The second kappa shape index (κ2) is 7.52. The Morgan fingerprint density at radius 1 is 1.26 bits per heavy atom. The lowest BCUT2D eigenvalue weighted by Gasteiger charge is -2.35. The molecule has 7 nitrogen and oxygen atoms in total. The van der Waals surface area contributed by atoms with Crippen LogP contribution in [0.5, 0.6) is 0 Å². The zero-order chi connectivity index (χ0) is 18.8. The van der Waals surface area contributed by atoms with Gasteiger partial charge in [-0.15, -0.1) is 0 Å². The summed E-state index contributed by atoms with van der Waals surface area (Å²) < 4.78 is 10.5. The summed E-state index contributed by atoms with van der Waals surface area (Å²) >= 11 is 0. The fraction of sp³-hybridized carbons (Fsp3) is 0.450. The number of piperidine rings is 1. The highest BCUT2D eigenvalue weighted by Gasteiger charge is 2.42. The predicted octanol–water partition coefficient (Wildman–Crippen LogP) is 2.05. The fourth-order valence-corrected chi connectivity index (χ4v) is 4.05. The average molecular weight is 369 g/mol. The van der Waals surface area contributed by atoms with Crippen molar-refractivity contribution in [3.63, 3.8) is 0 Å². The number of rotatable bonds is 5. The molecular formula is C20H23N3O4. The highest BCUT2D eigenvalue weighted by atomic mass is 16.5. The molecule has 0 N–H and O–H groups in total. The van der Waals surface area contributed by atoms with E-state index in [0.717, 1.165) is 18.4 Å². The van der Waals surface area contributed by atoms with Crippen molar-refractivity contribution in [1.29, 1.82) is 0 Å². The molecule has 2 amide bonds. The average Bonchev–Trinajstić information content (AvgIpc) is 3.03. The number of carbonyl (C=O) groups is 2. The van der Waals surface area contributed by atoms with Crippen LogP contribution in [-0.2, 0) is 9.53 Å².